The van der Waals surface area contributed by atoms with Gasteiger partial charge in [0.2, 0.25) is 0 Å². The lowest BCUT2D eigenvalue weighted by Gasteiger charge is -2.07. The number of carbonyl (C=O) groups excluding carboxylic acids is 2. The molecule has 4 nitrogen and oxygen atoms in total. The van der Waals surface area contributed by atoms with E-state index in [9.17, 15) is 9.59 Å². The van der Waals surface area contributed by atoms with Gasteiger partial charge in [-0.25, -0.2) is 4.79 Å². The molecule has 0 aromatic heterocycles. The van der Waals surface area contributed by atoms with Gasteiger partial charge in [0.05, 0.1) is 0 Å². The highest BCUT2D eigenvalue weighted by atomic mass is 35.5. The van der Waals surface area contributed by atoms with E-state index in [1.807, 2.05) is 38.1 Å². The van der Waals surface area contributed by atoms with Crippen molar-refractivity contribution in [3.63, 3.8) is 0 Å². The summed E-state index contributed by atoms with van der Waals surface area (Å²) in [5.41, 5.74) is 3.48. The first-order valence-electron chi connectivity index (χ1n) is 7.41. The van der Waals surface area contributed by atoms with E-state index in [0.29, 0.717) is 16.3 Å². The van der Waals surface area contributed by atoms with Gasteiger partial charge in [0.1, 0.15) is 0 Å². The fourth-order valence-electron chi connectivity index (χ4n) is 2.20. The number of carbonyl (C=O) groups is 2. The molecular formula is C19H18ClNO3. The Morgan fingerprint density at radius 3 is 2.46 bits per heavy atom. The van der Waals surface area contributed by atoms with Crippen LogP contribution in [0.5, 0.6) is 0 Å². The van der Waals surface area contributed by atoms with E-state index in [0.717, 1.165) is 11.1 Å². The minimum absolute atomic E-state index is 0.349. The van der Waals surface area contributed by atoms with Crippen LogP contribution < -0.4 is 5.32 Å². The molecule has 0 aliphatic heterocycles. The number of nitrogens with one attached hydrogen (secondary N) is 1. The lowest BCUT2D eigenvalue weighted by molar-refractivity contribution is -0.142. The average Bonchev–Trinajstić information content (AvgIpc) is 2.51. The predicted molar refractivity (Wildman–Crippen MR) is 96.0 cm³/mol. The molecule has 2 aromatic rings. The van der Waals surface area contributed by atoms with Gasteiger partial charge in [-0.2, -0.15) is 0 Å². The summed E-state index contributed by atoms with van der Waals surface area (Å²) in [7, 11) is 0. The van der Waals surface area contributed by atoms with Crippen LogP contribution in [-0.4, -0.2) is 18.5 Å². The number of ether oxygens (including phenoxy) is 1. The molecule has 0 atom stereocenters. The summed E-state index contributed by atoms with van der Waals surface area (Å²) in [5, 5.41) is 3.24. The molecule has 124 valence electrons. The average molecular weight is 344 g/mol. The topological polar surface area (TPSA) is 55.4 Å². The van der Waals surface area contributed by atoms with E-state index < -0.39 is 5.97 Å². The number of hydrogen-bond acceptors (Lipinski definition) is 3. The van der Waals surface area contributed by atoms with Crippen LogP contribution in [0, 0.1) is 13.8 Å². The molecule has 0 aliphatic carbocycles. The van der Waals surface area contributed by atoms with Gasteiger partial charge in [-0.15, -0.1) is 0 Å². The molecule has 0 fully saturated rings. The van der Waals surface area contributed by atoms with Crippen molar-refractivity contribution in [2.24, 2.45) is 0 Å². The lowest BCUT2D eigenvalue weighted by Crippen LogP contribution is -2.20. The van der Waals surface area contributed by atoms with Crippen molar-refractivity contribution in [2.45, 2.75) is 13.8 Å². The zero-order valence-corrected chi connectivity index (χ0v) is 14.3. The van der Waals surface area contributed by atoms with Crippen LogP contribution in [0.25, 0.3) is 6.08 Å². The molecule has 24 heavy (non-hydrogen) atoms. The maximum atomic E-state index is 11.8. The molecule has 5 heteroatoms. The van der Waals surface area contributed by atoms with Crippen LogP contribution in [-0.2, 0) is 14.3 Å². The first kappa shape index (κ1) is 17.8. The number of rotatable bonds is 5. The van der Waals surface area contributed by atoms with Gasteiger partial charge in [-0.05, 0) is 54.8 Å². The van der Waals surface area contributed by atoms with Crippen molar-refractivity contribution in [3.05, 3.63) is 70.3 Å². The number of anilines is 1. The Morgan fingerprint density at radius 1 is 1.12 bits per heavy atom. The molecule has 0 spiro atoms. The minimum Gasteiger partial charge on any atom is -0.452 e. The fourth-order valence-corrected chi connectivity index (χ4v) is 2.40. The van der Waals surface area contributed by atoms with E-state index in [1.165, 1.54) is 6.08 Å². The Morgan fingerprint density at radius 2 is 1.79 bits per heavy atom. The van der Waals surface area contributed by atoms with E-state index in [4.69, 9.17) is 16.3 Å². The molecule has 0 aliphatic rings. The van der Waals surface area contributed by atoms with Gasteiger partial charge in [-0.3, -0.25) is 4.79 Å². The van der Waals surface area contributed by atoms with Crippen LogP contribution in [0.15, 0.2) is 48.5 Å². The van der Waals surface area contributed by atoms with Crippen molar-refractivity contribution in [3.8, 4) is 0 Å². The predicted octanol–water partition coefficient (Wildman–Crippen LogP) is 4.15. The van der Waals surface area contributed by atoms with Gasteiger partial charge >= 0.3 is 5.97 Å². The van der Waals surface area contributed by atoms with Crippen LogP contribution >= 0.6 is 11.6 Å². The molecule has 0 saturated carbocycles. The summed E-state index contributed by atoms with van der Waals surface area (Å²) < 4.78 is 4.92. The summed E-state index contributed by atoms with van der Waals surface area (Å²) >= 11 is 5.98. The Balaban J connectivity index is 1.85. The van der Waals surface area contributed by atoms with Crippen molar-refractivity contribution in [2.75, 3.05) is 11.9 Å². The minimum atomic E-state index is -0.606. The molecule has 1 amide bonds. The zero-order chi connectivity index (χ0) is 17.5. The standard InChI is InChI=1S/C19H18ClNO3/c1-13-9-14(2)11-16(10-13)21-18(22)12-24-19(23)8-7-15-5-3-4-6-17(15)20/h3-11H,12H2,1-2H3,(H,21,22)/b8-7+. The van der Waals surface area contributed by atoms with Crippen molar-refractivity contribution in [1.82, 2.24) is 0 Å². The molecule has 2 aromatic carbocycles. The Labute approximate surface area is 146 Å². The highest BCUT2D eigenvalue weighted by Crippen LogP contribution is 2.16. The molecule has 0 unspecified atom stereocenters. The molecule has 0 saturated heterocycles. The molecule has 0 heterocycles. The zero-order valence-electron chi connectivity index (χ0n) is 13.5. The number of esters is 1. The molecule has 0 bridgehead atoms. The van der Waals surface area contributed by atoms with Crippen LogP contribution in [0.4, 0.5) is 5.69 Å². The van der Waals surface area contributed by atoms with Crippen molar-refractivity contribution in [1.29, 1.82) is 0 Å². The Hall–Kier alpha value is -2.59. The third kappa shape index (κ3) is 5.56. The Bertz CT molecular complexity index is 764. The number of hydrogen-bond donors (Lipinski definition) is 1. The van der Waals surface area contributed by atoms with E-state index in [1.54, 1.807) is 24.3 Å². The van der Waals surface area contributed by atoms with Gasteiger partial charge in [0.15, 0.2) is 6.61 Å². The number of benzene rings is 2. The Kier molecular flexibility index (Phi) is 6.15. The normalized spacial score (nSPS) is 10.6. The number of halogens is 1. The lowest BCUT2D eigenvalue weighted by atomic mass is 10.1. The third-order valence-electron chi connectivity index (χ3n) is 3.16. The maximum absolute atomic E-state index is 11.8. The summed E-state index contributed by atoms with van der Waals surface area (Å²) in [6.07, 6.45) is 2.79. The summed E-state index contributed by atoms with van der Waals surface area (Å²) in [6, 6.07) is 12.8. The van der Waals surface area contributed by atoms with E-state index in [2.05, 4.69) is 5.32 Å². The molecule has 0 radical (unpaired) electrons. The van der Waals surface area contributed by atoms with Crippen LogP contribution in [0.2, 0.25) is 5.02 Å². The van der Waals surface area contributed by atoms with Crippen molar-refractivity contribution < 1.29 is 14.3 Å². The SMILES string of the molecule is Cc1cc(C)cc(NC(=O)COC(=O)/C=C/c2ccccc2Cl)c1. The van der Waals surface area contributed by atoms with E-state index >= 15 is 0 Å². The van der Waals surface area contributed by atoms with Crippen LogP contribution in [0.3, 0.4) is 0 Å². The molecule has 1 N–H and O–H groups in total. The summed E-state index contributed by atoms with van der Waals surface area (Å²) in [5.74, 6) is -0.995. The third-order valence-corrected chi connectivity index (χ3v) is 3.50. The van der Waals surface area contributed by atoms with Gasteiger partial charge in [-0.1, -0.05) is 35.9 Å². The van der Waals surface area contributed by atoms with Gasteiger partial charge < -0.3 is 10.1 Å². The smallest absolute Gasteiger partial charge is 0.331 e. The maximum Gasteiger partial charge on any atom is 0.331 e. The highest BCUT2D eigenvalue weighted by molar-refractivity contribution is 6.32. The fraction of sp³-hybridized carbons (Fsp3) is 0.158. The van der Waals surface area contributed by atoms with Crippen LogP contribution in [0.1, 0.15) is 16.7 Å². The van der Waals surface area contributed by atoms with Gasteiger partial charge in [0.25, 0.3) is 5.91 Å². The quantitative estimate of drug-likeness (QED) is 0.655. The second-order valence-corrected chi connectivity index (χ2v) is 5.79. The van der Waals surface area contributed by atoms with Crippen molar-refractivity contribution >= 4 is 35.2 Å². The van der Waals surface area contributed by atoms with E-state index in [-0.39, 0.29) is 12.5 Å². The number of aryl methyl sites for hydroxylation is 2. The highest BCUT2D eigenvalue weighted by Gasteiger charge is 2.06. The first-order valence-corrected chi connectivity index (χ1v) is 7.79. The largest absolute Gasteiger partial charge is 0.452 e. The van der Waals surface area contributed by atoms with Gasteiger partial charge in [0, 0.05) is 16.8 Å². The monoisotopic (exact) mass is 343 g/mol. The molecule has 2 rings (SSSR count). The summed E-state index contributed by atoms with van der Waals surface area (Å²) in [4.78, 5) is 23.5. The number of amides is 1. The second kappa shape index (κ2) is 8.31. The summed E-state index contributed by atoms with van der Waals surface area (Å²) in [6.45, 7) is 3.54. The first-order chi connectivity index (χ1) is 11.4. The molecular weight excluding hydrogens is 326 g/mol. The second-order valence-electron chi connectivity index (χ2n) is 5.39.